The first-order valence-corrected chi connectivity index (χ1v) is 10.4. The lowest BCUT2D eigenvalue weighted by atomic mass is 10.1. The van der Waals surface area contributed by atoms with E-state index in [4.69, 9.17) is 9.26 Å². The number of ether oxygens (including phenoxy) is 1. The number of nitrogens with zero attached hydrogens (tertiary/aromatic N) is 2. The molecule has 0 saturated carbocycles. The van der Waals surface area contributed by atoms with Crippen molar-refractivity contribution in [1.29, 1.82) is 0 Å². The summed E-state index contributed by atoms with van der Waals surface area (Å²) in [5.41, 5.74) is 1.52. The van der Waals surface area contributed by atoms with Crippen molar-refractivity contribution in [3.8, 4) is 11.4 Å². The summed E-state index contributed by atoms with van der Waals surface area (Å²) >= 11 is 1.54. The molecule has 0 radical (unpaired) electrons. The number of nitrogens with one attached hydrogen (secondary N) is 1. The minimum absolute atomic E-state index is 0.0405. The number of fused-ring (bicyclic) bond motifs is 1. The van der Waals surface area contributed by atoms with E-state index in [2.05, 4.69) is 15.5 Å². The minimum atomic E-state index is -0.923. The summed E-state index contributed by atoms with van der Waals surface area (Å²) in [5.74, 6) is -0.0632. The molecule has 0 aliphatic heterocycles. The van der Waals surface area contributed by atoms with Crippen LogP contribution in [-0.4, -0.2) is 28.1 Å². The molecule has 152 valence electrons. The molecule has 30 heavy (non-hydrogen) atoms. The Bertz CT molecular complexity index is 1170. The van der Waals surface area contributed by atoms with Crippen LogP contribution in [0.1, 0.15) is 19.2 Å². The van der Waals surface area contributed by atoms with Gasteiger partial charge in [-0.15, -0.1) is 0 Å². The largest absolute Gasteiger partial charge is 0.453 e. The summed E-state index contributed by atoms with van der Waals surface area (Å²) in [7, 11) is 0. The van der Waals surface area contributed by atoms with Crippen LogP contribution in [-0.2, 0) is 20.7 Å². The van der Waals surface area contributed by atoms with Crippen molar-refractivity contribution in [3.63, 3.8) is 0 Å². The van der Waals surface area contributed by atoms with Crippen LogP contribution in [0.5, 0.6) is 0 Å². The molecule has 0 aliphatic carbocycles. The van der Waals surface area contributed by atoms with Gasteiger partial charge in [0.05, 0.1) is 6.42 Å². The molecule has 0 saturated heterocycles. The van der Waals surface area contributed by atoms with Crippen molar-refractivity contribution in [2.75, 3.05) is 5.32 Å². The Kier molecular flexibility index (Phi) is 5.85. The Labute approximate surface area is 176 Å². The number of thiophene rings is 1. The van der Waals surface area contributed by atoms with Crippen molar-refractivity contribution >= 4 is 39.7 Å². The number of amides is 1. The molecule has 7 nitrogen and oxygen atoms in total. The highest BCUT2D eigenvalue weighted by molar-refractivity contribution is 7.08. The topological polar surface area (TPSA) is 94.3 Å². The third-order valence-corrected chi connectivity index (χ3v) is 5.17. The van der Waals surface area contributed by atoms with Crippen molar-refractivity contribution in [1.82, 2.24) is 10.1 Å². The summed E-state index contributed by atoms with van der Waals surface area (Å²) in [6.45, 7) is 1.54. The van der Waals surface area contributed by atoms with E-state index >= 15 is 0 Å². The number of carbonyl (C=O) groups is 2. The molecular weight excluding hydrogens is 402 g/mol. The number of benzene rings is 2. The number of rotatable bonds is 7. The van der Waals surface area contributed by atoms with Crippen molar-refractivity contribution in [2.24, 2.45) is 0 Å². The van der Waals surface area contributed by atoms with Gasteiger partial charge in [0, 0.05) is 23.1 Å². The smallest absolute Gasteiger partial charge is 0.307 e. The minimum Gasteiger partial charge on any atom is -0.453 e. The van der Waals surface area contributed by atoms with Gasteiger partial charge >= 0.3 is 5.97 Å². The zero-order chi connectivity index (χ0) is 20.9. The van der Waals surface area contributed by atoms with Crippen molar-refractivity contribution in [2.45, 2.75) is 25.9 Å². The normalized spacial score (nSPS) is 11.9. The first-order valence-electron chi connectivity index (χ1n) is 9.43. The number of anilines is 1. The number of carbonyl (C=O) groups excluding carboxylic acids is 2. The SMILES string of the molecule is CC(OC(=O)CCc1nc(-c2ccsc2)no1)C(=O)Nc1ccc2ccccc2c1. The average Bonchev–Trinajstić information content (AvgIpc) is 3.44. The molecule has 1 amide bonds. The van der Waals surface area contributed by atoms with Crippen LogP contribution in [0, 0.1) is 0 Å². The van der Waals surface area contributed by atoms with E-state index in [0.29, 0.717) is 17.4 Å². The van der Waals surface area contributed by atoms with Crippen LogP contribution in [0.4, 0.5) is 5.69 Å². The standard InChI is InChI=1S/C22H19N3O4S/c1-14(22(27)23-18-7-6-15-4-2-3-5-16(15)12-18)28-20(26)9-8-19-24-21(25-29-19)17-10-11-30-13-17/h2-7,10-14H,8-9H2,1H3,(H,23,27). The molecule has 8 heteroatoms. The lowest BCUT2D eigenvalue weighted by molar-refractivity contribution is -0.153. The maximum Gasteiger partial charge on any atom is 0.307 e. The summed E-state index contributed by atoms with van der Waals surface area (Å²) in [6, 6.07) is 15.4. The third kappa shape index (κ3) is 4.72. The molecule has 0 aliphatic rings. The van der Waals surface area contributed by atoms with Gasteiger partial charge in [-0.3, -0.25) is 9.59 Å². The zero-order valence-electron chi connectivity index (χ0n) is 16.2. The first kappa shape index (κ1) is 19.8. The van der Waals surface area contributed by atoms with Gasteiger partial charge in [-0.25, -0.2) is 0 Å². The fourth-order valence-corrected chi connectivity index (χ4v) is 3.53. The first-order chi connectivity index (χ1) is 14.6. The van der Waals surface area contributed by atoms with Crippen LogP contribution < -0.4 is 5.32 Å². The highest BCUT2D eigenvalue weighted by Gasteiger charge is 2.19. The molecule has 1 atom stereocenters. The summed E-state index contributed by atoms with van der Waals surface area (Å²) in [6.07, 6.45) is -0.638. The maximum atomic E-state index is 12.4. The molecule has 2 heterocycles. The monoisotopic (exact) mass is 421 g/mol. The van der Waals surface area contributed by atoms with Crippen LogP contribution in [0.3, 0.4) is 0 Å². The van der Waals surface area contributed by atoms with Crippen molar-refractivity contribution < 1.29 is 18.8 Å². The number of hydrogen-bond acceptors (Lipinski definition) is 7. The van der Waals surface area contributed by atoms with Gasteiger partial charge in [0.15, 0.2) is 6.10 Å². The van der Waals surface area contributed by atoms with E-state index in [0.717, 1.165) is 16.3 Å². The Morgan fingerprint density at radius 3 is 2.80 bits per heavy atom. The summed E-state index contributed by atoms with van der Waals surface area (Å²) in [4.78, 5) is 28.7. The van der Waals surface area contributed by atoms with E-state index in [-0.39, 0.29) is 12.8 Å². The van der Waals surface area contributed by atoms with Gasteiger partial charge < -0.3 is 14.6 Å². The van der Waals surface area contributed by atoms with Gasteiger partial charge in [-0.1, -0.05) is 35.5 Å². The molecular formula is C22H19N3O4S. The number of hydrogen-bond donors (Lipinski definition) is 1. The Balaban J connectivity index is 1.27. The number of esters is 1. The van der Waals surface area contributed by atoms with E-state index in [9.17, 15) is 9.59 Å². The molecule has 2 aromatic heterocycles. The van der Waals surface area contributed by atoms with Gasteiger partial charge in [0.1, 0.15) is 0 Å². The molecule has 1 unspecified atom stereocenters. The fourth-order valence-electron chi connectivity index (χ4n) is 2.89. The molecule has 0 bridgehead atoms. The second-order valence-corrected chi connectivity index (χ2v) is 7.49. The van der Waals surface area contributed by atoms with Gasteiger partial charge in [-0.05, 0) is 41.3 Å². The summed E-state index contributed by atoms with van der Waals surface area (Å²) < 4.78 is 10.4. The van der Waals surface area contributed by atoms with E-state index in [1.54, 1.807) is 0 Å². The van der Waals surface area contributed by atoms with Crippen LogP contribution in [0.25, 0.3) is 22.2 Å². The van der Waals surface area contributed by atoms with E-state index in [1.807, 2.05) is 59.3 Å². The lowest BCUT2D eigenvalue weighted by Gasteiger charge is -2.13. The second kappa shape index (κ2) is 8.87. The summed E-state index contributed by atoms with van der Waals surface area (Å²) in [5, 5.41) is 12.6. The molecule has 1 N–H and O–H groups in total. The number of aryl methyl sites for hydroxylation is 1. The molecule has 0 fully saturated rings. The van der Waals surface area contributed by atoms with Gasteiger partial charge in [0.2, 0.25) is 11.7 Å². The predicted molar refractivity (Wildman–Crippen MR) is 114 cm³/mol. The molecule has 4 aromatic rings. The van der Waals surface area contributed by atoms with Crippen LogP contribution >= 0.6 is 11.3 Å². The second-order valence-electron chi connectivity index (χ2n) is 6.71. The molecule has 2 aromatic carbocycles. The number of aromatic nitrogens is 2. The van der Waals surface area contributed by atoms with Gasteiger partial charge in [0.25, 0.3) is 5.91 Å². The van der Waals surface area contributed by atoms with Crippen LogP contribution in [0.15, 0.2) is 63.8 Å². The Hall–Kier alpha value is -3.52. The zero-order valence-corrected chi connectivity index (χ0v) is 17.0. The van der Waals surface area contributed by atoms with E-state index in [1.165, 1.54) is 18.3 Å². The highest BCUT2D eigenvalue weighted by atomic mass is 32.1. The quantitative estimate of drug-likeness (QED) is 0.443. The van der Waals surface area contributed by atoms with Crippen molar-refractivity contribution in [3.05, 3.63) is 65.2 Å². The third-order valence-electron chi connectivity index (χ3n) is 4.48. The predicted octanol–water partition coefficient (Wildman–Crippen LogP) is 4.45. The lowest BCUT2D eigenvalue weighted by Crippen LogP contribution is -2.30. The Morgan fingerprint density at radius 1 is 1.17 bits per heavy atom. The fraction of sp³-hybridized carbons (Fsp3) is 0.182. The average molecular weight is 421 g/mol. The molecule has 4 rings (SSSR count). The maximum absolute atomic E-state index is 12.4. The van der Waals surface area contributed by atoms with Gasteiger partial charge in [-0.2, -0.15) is 16.3 Å². The van der Waals surface area contributed by atoms with Crippen LogP contribution in [0.2, 0.25) is 0 Å². The highest BCUT2D eigenvalue weighted by Crippen LogP contribution is 2.20. The molecule has 0 spiro atoms. The Morgan fingerprint density at radius 2 is 2.00 bits per heavy atom. The van der Waals surface area contributed by atoms with E-state index < -0.39 is 18.0 Å².